The highest BCUT2D eigenvalue weighted by Crippen LogP contribution is 2.64. The van der Waals surface area contributed by atoms with E-state index in [-0.39, 0.29) is 17.6 Å². The van der Waals surface area contributed by atoms with Crippen molar-refractivity contribution < 1.29 is 9.47 Å². The molecule has 0 radical (unpaired) electrons. The van der Waals surface area contributed by atoms with Crippen molar-refractivity contribution in [1.29, 1.82) is 5.26 Å². The van der Waals surface area contributed by atoms with E-state index in [1.807, 2.05) is 18.2 Å². The van der Waals surface area contributed by atoms with E-state index in [2.05, 4.69) is 19.9 Å². The quantitative estimate of drug-likeness (QED) is 0.723. The highest BCUT2D eigenvalue weighted by Gasteiger charge is 2.63. The zero-order chi connectivity index (χ0) is 11.4. The van der Waals surface area contributed by atoms with E-state index < -0.39 is 0 Å². The molecule has 3 heteroatoms. The van der Waals surface area contributed by atoms with Gasteiger partial charge in [-0.25, -0.2) is 0 Å². The highest BCUT2D eigenvalue weighted by molar-refractivity contribution is 5.52. The minimum atomic E-state index is -0.339. The van der Waals surface area contributed by atoms with Crippen LogP contribution in [0, 0.1) is 16.7 Å². The molecular formula is C13H13NO2. The highest BCUT2D eigenvalue weighted by atomic mass is 16.7. The lowest BCUT2D eigenvalue weighted by molar-refractivity contribution is 0.174. The van der Waals surface area contributed by atoms with Gasteiger partial charge in [-0.3, -0.25) is 0 Å². The van der Waals surface area contributed by atoms with Gasteiger partial charge in [-0.15, -0.1) is 0 Å². The monoisotopic (exact) mass is 215 g/mol. The van der Waals surface area contributed by atoms with E-state index in [0.717, 1.165) is 23.5 Å². The topological polar surface area (TPSA) is 42.2 Å². The molecule has 0 amide bonds. The van der Waals surface area contributed by atoms with Crippen LogP contribution >= 0.6 is 0 Å². The summed E-state index contributed by atoms with van der Waals surface area (Å²) in [5, 5.41) is 9.37. The summed E-state index contributed by atoms with van der Waals surface area (Å²) in [4.78, 5) is 0. The Bertz CT molecular complexity index is 501. The fraction of sp³-hybridized carbons (Fsp3) is 0.462. The van der Waals surface area contributed by atoms with E-state index in [9.17, 15) is 5.26 Å². The Kier molecular flexibility index (Phi) is 1.61. The van der Waals surface area contributed by atoms with Gasteiger partial charge in [0.2, 0.25) is 6.79 Å². The van der Waals surface area contributed by atoms with Crippen LogP contribution in [-0.2, 0) is 5.41 Å². The van der Waals surface area contributed by atoms with Crippen LogP contribution < -0.4 is 9.47 Å². The molecule has 1 aromatic carbocycles. The second-order valence-corrected chi connectivity index (χ2v) is 5.15. The third kappa shape index (κ3) is 1.02. The van der Waals surface area contributed by atoms with Crippen LogP contribution in [0.3, 0.4) is 0 Å². The first kappa shape index (κ1) is 9.53. The number of nitriles is 1. The van der Waals surface area contributed by atoms with Crippen molar-refractivity contribution in [2.24, 2.45) is 5.41 Å². The third-order valence-electron chi connectivity index (χ3n) is 3.79. The molecule has 0 N–H and O–H groups in total. The van der Waals surface area contributed by atoms with Crippen LogP contribution in [0.15, 0.2) is 18.2 Å². The summed E-state index contributed by atoms with van der Waals surface area (Å²) in [7, 11) is 0. The van der Waals surface area contributed by atoms with Crippen molar-refractivity contribution in [2.45, 2.75) is 25.7 Å². The number of ether oxygens (including phenoxy) is 2. The van der Waals surface area contributed by atoms with Gasteiger partial charge in [0.05, 0.1) is 11.5 Å². The minimum absolute atomic E-state index is 0.0649. The van der Waals surface area contributed by atoms with Crippen LogP contribution in [-0.4, -0.2) is 6.79 Å². The SMILES string of the molecule is CC1(C)CC1(C#N)c1ccc2c(c1)OCO2. The van der Waals surface area contributed by atoms with Crippen molar-refractivity contribution in [3.63, 3.8) is 0 Å². The molecule has 82 valence electrons. The summed E-state index contributed by atoms with van der Waals surface area (Å²) in [5.41, 5.74) is 0.771. The second-order valence-electron chi connectivity index (χ2n) is 5.15. The van der Waals surface area contributed by atoms with Crippen LogP contribution in [0.1, 0.15) is 25.8 Å². The Hall–Kier alpha value is -1.69. The minimum Gasteiger partial charge on any atom is -0.454 e. The van der Waals surface area contributed by atoms with Crippen molar-refractivity contribution in [3.05, 3.63) is 23.8 Å². The molecule has 1 fully saturated rings. The lowest BCUT2D eigenvalue weighted by Gasteiger charge is -2.12. The van der Waals surface area contributed by atoms with Gasteiger partial charge in [0.1, 0.15) is 0 Å². The van der Waals surface area contributed by atoms with Gasteiger partial charge >= 0.3 is 0 Å². The number of hydrogen-bond donors (Lipinski definition) is 0. The maximum Gasteiger partial charge on any atom is 0.231 e. The van der Waals surface area contributed by atoms with Crippen molar-refractivity contribution in [2.75, 3.05) is 6.79 Å². The summed E-state index contributed by atoms with van der Waals surface area (Å²) < 4.78 is 10.6. The largest absolute Gasteiger partial charge is 0.454 e. The van der Waals surface area contributed by atoms with Crippen molar-refractivity contribution in [1.82, 2.24) is 0 Å². The lowest BCUT2D eigenvalue weighted by Crippen LogP contribution is -2.11. The van der Waals surface area contributed by atoms with Crippen LogP contribution in [0.25, 0.3) is 0 Å². The molecule has 0 aromatic heterocycles. The van der Waals surface area contributed by atoms with Gasteiger partial charge in [0.15, 0.2) is 11.5 Å². The summed E-state index contributed by atoms with van der Waals surface area (Å²) >= 11 is 0. The predicted molar refractivity (Wildman–Crippen MR) is 58.3 cm³/mol. The van der Waals surface area contributed by atoms with Gasteiger partial charge < -0.3 is 9.47 Å². The first-order valence-corrected chi connectivity index (χ1v) is 5.40. The summed E-state index contributed by atoms with van der Waals surface area (Å²) in [6.45, 7) is 4.53. The van der Waals surface area contributed by atoms with Crippen LogP contribution in [0.5, 0.6) is 11.5 Å². The van der Waals surface area contributed by atoms with E-state index in [0.29, 0.717) is 0 Å². The number of fused-ring (bicyclic) bond motifs is 1. The van der Waals surface area contributed by atoms with Crippen molar-refractivity contribution in [3.8, 4) is 17.6 Å². The molecule has 1 aliphatic heterocycles. The molecule has 1 unspecified atom stereocenters. The molecule has 1 heterocycles. The first-order valence-electron chi connectivity index (χ1n) is 5.40. The lowest BCUT2D eigenvalue weighted by atomic mass is 9.89. The molecule has 16 heavy (non-hydrogen) atoms. The number of nitrogens with zero attached hydrogens (tertiary/aromatic N) is 1. The Morgan fingerprint density at radius 2 is 1.94 bits per heavy atom. The summed E-state index contributed by atoms with van der Waals surface area (Å²) in [5.74, 6) is 1.53. The number of rotatable bonds is 1. The number of hydrogen-bond acceptors (Lipinski definition) is 3. The van der Waals surface area contributed by atoms with E-state index in [1.54, 1.807) is 0 Å². The Morgan fingerprint density at radius 3 is 2.56 bits per heavy atom. The van der Waals surface area contributed by atoms with Gasteiger partial charge in [0, 0.05) is 0 Å². The fourth-order valence-electron chi connectivity index (χ4n) is 2.53. The molecule has 0 spiro atoms. The standard InChI is InChI=1S/C13H13NO2/c1-12(2)6-13(12,7-14)9-3-4-10-11(5-9)16-8-15-10/h3-5H,6,8H2,1-2H3. The second kappa shape index (κ2) is 2.70. The molecule has 2 aliphatic rings. The maximum absolute atomic E-state index is 9.37. The van der Waals surface area contributed by atoms with Crippen LogP contribution in [0.4, 0.5) is 0 Å². The average Bonchev–Trinajstić information content (AvgIpc) is 2.63. The van der Waals surface area contributed by atoms with E-state index in [1.165, 1.54) is 0 Å². The smallest absolute Gasteiger partial charge is 0.231 e. The third-order valence-corrected chi connectivity index (χ3v) is 3.79. The van der Waals surface area contributed by atoms with E-state index in [4.69, 9.17) is 9.47 Å². The average molecular weight is 215 g/mol. The predicted octanol–water partition coefficient (Wildman–Crippen LogP) is 2.61. The Balaban J connectivity index is 2.06. The van der Waals surface area contributed by atoms with Gasteiger partial charge in [-0.05, 0) is 29.5 Å². The van der Waals surface area contributed by atoms with Gasteiger partial charge in [-0.2, -0.15) is 5.26 Å². The van der Waals surface area contributed by atoms with Crippen molar-refractivity contribution >= 4 is 0 Å². The van der Waals surface area contributed by atoms with E-state index >= 15 is 0 Å². The summed E-state index contributed by atoms with van der Waals surface area (Å²) in [6.07, 6.45) is 0.913. The first-order chi connectivity index (χ1) is 7.59. The number of benzene rings is 1. The molecule has 1 saturated carbocycles. The summed E-state index contributed by atoms with van der Waals surface area (Å²) in [6, 6.07) is 8.27. The zero-order valence-corrected chi connectivity index (χ0v) is 9.41. The molecule has 0 saturated heterocycles. The molecule has 1 aromatic rings. The Labute approximate surface area is 94.6 Å². The molecule has 3 rings (SSSR count). The van der Waals surface area contributed by atoms with Crippen LogP contribution in [0.2, 0.25) is 0 Å². The molecular weight excluding hydrogens is 202 g/mol. The normalized spacial score (nSPS) is 28.6. The fourth-order valence-corrected chi connectivity index (χ4v) is 2.53. The molecule has 1 atom stereocenters. The molecule has 3 nitrogen and oxygen atoms in total. The molecule has 1 aliphatic carbocycles. The zero-order valence-electron chi connectivity index (χ0n) is 9.41. The maximum atomic E-state index is 9.37. The molecule has 0 bridgehead atoms. The van der Waals surface area contributed by atoms with Gasteiger partial charge in [0.25, 0.3) is 0 Å². The van der Waals surface area contributed by atoms with Gasteiger partial charge in [-0.1, -0.05) is 19.9 Å². The Morgan fingerprint density at radius 1 is 1.25 bits per heavy atom.